The number of hydrogen-bond acceptors (Lipinski definition) is 3. The van der Waals surface area contributed by atoms with Crippen molar-refractivity contribution in [3.05, 3.63) is 29.8 Å². The topological polar surface area (TPSA) is 27.0 Å². The summed E-state index contributed by atoms with van der Waals surface area (Å²) in [5.74, 6) is 0. The molecule has 2 nitrogen and oxygen atoms in total. The lowest BCUT2D eigenvalue weighted by Crippen LogP contribution is -2.29. The summed E-state index contributed by atoms with van der Waals surface area (Å²) in [6.07, 6.45) is 6.14. The van der Waals surface area contributed by atoms with Gasteiger partial charge in [0.25, 0.3) is 0 Å². The molecule has 0 aromatic heterocycles. The summed E-state index contributed by atoms with van der Waals surface area (Å²) in [4.78, 5) is 2.45. The van der Waals surface area contributed by atoms with E-state index >= 15 is 0 Å². The highest BCUT2D eigenvalue weighted by Gasteiger charge is 2.17. The molecule has 1 fully saturated rings. The first-order valence-electron chi connectivity index (χ1n) is 6.11. The molecule has 1 aromatic rings. The van der Waals surface area contributed by atoms with Crippen LogP contribution in [-0.4, -0.2) is 24.6 Å². The Bertz CT molecular complexity index is 394. The number of benzene rings is 1. The van der Waals surface area contributed by atoms with Crippen molar-refractivity contribution in [2.24, 2.45) is 0 Å². The average Bonchev–Trinajstić information content (AvgIpc) is 2.64. The van der Waals surface area contributed by atoms with Crippen LogP contribution in [0.25, 0.3) is 0 Å². The minimum absolute atomic E-state index is 0.741. The fraction of sp³-hybridized carbons (Fsp3) is 0.500. The maximum Gasteiger partial charge on any atom is 0.0991 e. The van der Waals surface area contributed by atoms with Crippen LogP contribution < -0.4 is 4.90 Å². The van der Waals surface area contributed by atoms with E-state index in [4.69, 9.17) is 5.26 Å². The van der Waals surface area contributed by atoms with E-state index < -0.39 is 0 Å². The quantitative estimate of drug-likeness (QED) is 0.801. The molecule has 3 heteroatoms. The normalized spacial score (nSPS) is 20.7. The van der Waals surface area contributed by atoms with Gasteiger partial charge in [-0.2, -0.15) is 17.0 Å². The second-order valence-corrected chi connectivity index (χ2v) is 5.60. The predicted molar refractivity (Wildman–Crippen MR) is 74.5 cm³/mol. The van der Waals surface area contributed by atoms with Gasteiger partial charge in [-0.3, -0.25) is 0 Å². The fourth-order valence-electron chi connectivity index (χ4n) is 2.28. The zero-order valence-corrected chi connectivity index (χ0v) is 11.0. The molecule has 0 N–H and O–H groups in total. The molecule has 2 rings (SSSR count). The van der Waals surface area contributed by atoms with Crippen LogP contribution in [-0.2, 0) is 0 Å². The first-order chi connectivity index (χ1) is 8.33. The van der Waals surface area contributed by atoms with Crippen LogP contribution >= 0.6 is 11.8 Å². The van der Waals surface area contributed by atoms with Crippen molar-refractivity contribution in [2.75, 3.05) is 24.2 Å². The molecule has 1 atom stereocenters. The molecule has 0 spiro atoms. The van der Waals surface area contributed by atoms with Crippen LogP contribution in [0.3, 0.4) is 0 Å². The van der Waals surface area contributed by atoms with Gasteiger partial charge in [0.05, 0.1) is 11.6 Å². The summed E-state index contributed by atoms with van der Waals surface area (Å²) >= 11 is 1.97. The summed E-state index contributed by atoms with van der Waals surface area (Å²) in [7, 11) is 0. The van der Waals surface area contributed by atoms with Gasteiger partial charge in [-0.1, -0.05) is 6.42 Å². The Labute approximate surface area is 108 Å². The molecule has 1 heterocycles. The molecule has 1 saturated heterocycles. The van der Waals surface area contributed by atoms with Gasteiger partial charge in [0.1, 0.15) is 0 Å². The number of hydrogen-bond donors (Lipinski definition) is 0. The van der Waals surface area contributed by atoms with E-state index in [1.54, 1.807) is 0 Å². The van der Waals surface area contributed by atoms with Crippen LogP contribution in [0.15, 0.2) is 24.3 Å². The Hall–Kier alpha value is -1.14. The van der Waals surface area contributed by atoms with Crippen molar-refractivity contribution < 1.29 is 0 Å². The van der Waals surface area contributed by atoms with E-state index in [1.807, 2.05) is 23.9 Å². The molecule has 0 aliphatic carbocycles. The van der Waals surface area contributed by atoms with Gasteiger partial charge in [0.15, 0.2) is 0 Å². The van der Waals surface area contributed by atoms with E-state index in [1.165, 1.54) is 24.9 Å². The summed E-state index contributed by atoms with van der Waals surface area (Å²) in [5, 5.41) is 9.54. The molecule has 0 saturated carbocycles. The van der Waals surface area contributed by atoms with E-state index in [2.05, 4.69) is 29.4 Å². The zero-order valence-electron chi connectivity index (χ0n) is 10.2. The van der Waals surface area contributed by atoms with Crippen LogP contribution in [0.2, 0.25) is 0 Å². The lowest BCUT2D eigenvalue weighted by molar-refractivity contribution is 0.736. The van der Waals surface area contributed by atoms with Gasteiger partial charge in [0, 0.05) is 24.0 Å². The zero-order chi connectivity index (χ0) is 12.1. The largest absolute Gasteiger partial charge is 0.370 e. The van der Waals surface area contributed by atoms with Crippen molar-refractivity contribution in [1.82, 2.24) is 0 Å². The van der Waals surface area contributed by atoms with Crippen molar-refractivity contribution in [2.45, 2.75) is 24.5 Å². The van der Waals surface area contributed by atoms with Crippen molar-refractivity contribution in [1.29, 1.82) is 5.26 Å². The van der Waals surface area contributed by atoms with Gasteiger partial charge < -0.3 is 4.90 Å². The van der Waals surface area contributed by atoms with Crippen molar-refractivity contribution in [3.63, 3.8) is 0 Å². The number of nitriles is 1. The second kappa shape index (κ2) is 5.97. The molecule has 0 radical (unpaired) electrons. The van der Waals surface area contributed by atoms with Gasteiger partial charge >= 0.3 is 0 Å². The molecule has 0 bridgehead atoms. The SMILES string of the molecule is CSC1CCCCN(c2ccc(C#N)cc2)C1. The van der Waals surface area contributed by atoms with Gasteiger partial charge in [0.2, 0.25) is 0 Å². The molecular weight excluding hydrogens is 228 g/mol. The molecule has 17 heavy (non-hydrogen) atoms. The third kappa shape index (κ3) is 3.17. The highest BCUT2D eigenvalue weighted by Crippen LogP contribution is 2.24. The maximum absolute atomic E-state index is 8.80. The lowest BCUT2D eigenvalue weighted by Gasteiger charge is -2.25. The van der Waals surface area contributed by atoms with E-state index in [-0.39, 0.29) is 0 Å². The Morgan fingerprint density at radius 1 is 1.29 bits per heavy atom. The summed E-state index contributed by atoms with van der Waals surface area (Å²) in [5.41, 5.74) is 2.00. The third-order valence-electron chi connectivity index (χ3n) is 3.32. The van der Waals surface area contributed by atoms with E-state index in [9.17, 15) is 0 Å². The van der Waals surface area contributed by atoms with E-state index in [0.29, 0.717) is 0 Å². The van der Waals surface area contributed by atoms with Crippen LogP contribution in [0.4, 0.5) is 5.69 Å². The Morgan fingerprint density at radius 2 is 2.06 bits per heavy atom. The second-order valence-electron chi connectivity index (χ2n) is 4.46. The van der Waals surface area contributed by atoms with Crippen LogP contribution in [0.5, 0.6) is 0 Å². The van der Waals surface area contributed by atoms with Crippen LogP contribution in [0.1, 0.15) is 24.8 Å². The van der Waals surface area contributed by atoms with Crippen LogP contribution in [0, 0.1) is 11.3 Å². The Kier molecular flexibility index (Phi) is 4.33. The Balaban J connectivity index is 2.11. The lowest BCUT2D eigenvalue weighted by atomic mass is 10.2. The average molecular weight is 246 g/mol. The standard InChI is InChI=1S/C14H18N2S/c1-17-14-4-2-3-9-16(11-14)13-7-5-12(10-15)6-8-13/h5-8,14H,2-4,9,11H2,1H3. The van der Waals surface area contributed by atoms with Crippen molar-refractivity contribution in [3.8, 4) is 6.07 Å². The first kappa shape index (κ1) is 12.3. The van der Waals surface area contributed by atoms with Gasteiger partial charge in [-0.25, -0.2) is 0 Å². The first-order valence-corrected chi connectivity index (χ1v) is 7.40. The molecule has 90 valence electrons. The fourth-order valence-corrected chi connectivity index (χ4v) is 3.01. The predicted octanol–water partition coefficient (Wildman–Crippen LogP) is 3.28. The number of rotatable bonds is 2. The van der Waals surface area contributed by atoms with E-state index in [0.717, 1.165) is 23.9 Å². The minimum atomic E-state index is 0.741. The molecule has 1 aliphatic heterocycles. The maximum atomic E-state index is 8.80. The number of thioether (sulfide) groups is 1. The molecule has 1 aliphatic rings. The molecule has 1 unspecified atom stereocenters. The highest BCUT2D eigenvalue weighted by molar-refractivity contribution is 7.99. The number of anilines is 1. The van der Waals surface area contributed by atoms with Gasteiger partial charge in [-0.15, -0.1) is 0 Å². The number of nitrogens with zero attached hydrogens (tertiary/aromatic N) is 2. The Morgan fingerprint density at radius 3 is 2.71 bits per heavy atom. The molecular formula is C14H18N2S. The molecule has 1 aromatic carbocycles. The highest BCUT2D eigenvalue weighted by atomic mass is 32.2. The molecule has 0 amide bonds. The van der Waals surface area contributed by atoms with Gasteiger partial charge in [-0.05, 0) is 43.4 Å². The summed E-state index contributed by atoms with van der Waals surface area (Å²) < 4.78 is 0. The summed E-state index contributed by atoms with van der Waals surface area (Å²) in [6.45, 7) is 2.27. The monoisotopic (exact) mass is 246 g/mol. The van der Waals surface area contributed by atoms with Crippen molar-refractivity contribution >= 4 is 17.4 Å². The summed E-state index contributed by atoms with van der Waals surface area (Å²) in [6, 6.07) is 10.1. The third-order valence-corrected chi connectivity index (χ3v) is 4.37. The smallest absolute Gasteiger partial charge is 0.0991 e. The minimum Gasteiger partial charge on any atom is -0.370 e.